The van der Waals surface area contributed by atoms with E-state index in [1.165, 1.54) is 0 Å². The molecule has 2 unspecified atom stereocenters. The van der Waals surface area contributed by atoms with Crippen LogP contribution in [0.4, 0.5) is 14.6 Å². The monoisotopic (exact) mass is 248 g/mol. The molecule has 1 aliphatic rings. The first-order chi connectivity index (χ1) is 8.65. The lowest BCUT2D eigenvalue weighted by Gasteiger charge is -2.16. The van der Waals surface area contributed by atoms with Gasteiger partial charge in [0.05, 0.1) is 13.1 Å². The second-order valence-corrected chi connectivity index (χ2v) is 4.78. The molecule has 0 N–H and O–H groups in total. The van der Waals surface area contributed by atoms with Crippen LogP contribution in [0.15, 0.2) is 30.5 Å². The van der Waals surface area contributed by atoms with Gasteiger partial charge >= 0.3 is 0 Å². The smallest absolute Gasteiger partial charge is 0.150 e. The molecular formula is C14H14F2N2. The number of hydrogen-bond donors (Lipinski definition) is 0. The Morgan fingerprint density at radius 2 is 1.94 bits per heavy atom. The Hall–Kier alpha value is -1.71. The molecular weight excluding hydrogens is 234 g/mol. The van der Waals surface area contributed by atoms with Gasteiger partial charge in [-0.05, 0) is 23.9 Å². The number of alkyl halides is 2. The third kappa shape index (κ3) is 1.82. The van der Waals surface area contributed by atoms with Crippen molar-refractivity contribution in [2.75, 3.05) is 18.0 Å². The first-order valence-electron chi connectivity index (χ1n) is 6.03. The first kappa shape index (κ1) is 11.4. The first-order valence-corrected chi connectivity index (χ1v) is 6.03. The minimum Gasteiger partial charge on any atom is -0.351 e. The highest BCUT2D eigenvalue weighted by Gasteiger charge is 2.33. The number of nitrogens with zero attached hydrogens (tertiary/aromatic N) is 2. The summed E-state index contributed by atoms with van der Waals surface area (Å²) < 4.78 is 26.4. The Balaban J connectivity index is 1.99. The van der Waals surface area contributed by atoms with Gasteiger partial charge in [-0.15, -0.1) is 0 Å². The molecule has 2 atom stereocenters. The average molecular weight is 248 g/mol. The van der Waals surface area contributed by atoms with Gasteiger partial charge in [-0.1, -0.05) is 18.2 Å². The number of fused-ring (bicyclic) bond motifs is 1. The van der Waals surface area contributed by atoms with Crippen LogP contribution in [0.1, 0.15) is 5.56 Å². The van der Waals surface area contributed by atoms with Gasteiger partial charge < -0.3 is 4.90 Å². The van der Waals surface area contributed by atoms with Crippen molar-refractivity contribution in [1.82, 2.24) is 4.98 Å². The van der Waals surface area contributed by atoms with E-state index in [4.69, 9.17) is 0 Å². The van der Waals surface area contributed by atoms with Crippen LogP contribution < -0.4 is 4.90 Å². The van der Waals surface area contributed by atoms with Crippen molar-refractivity contribution >= 4 is 16.6 Å². The molecule has 1 aromatic heterocycles. The summed E-state index contributed by atoms with van der Waals surface area (Å²) in [4.78, 5) is 5.98. The molecule has 1 fully saturated rings. The maximum absolute atomic E-state index is 13.2. The number of aromatic nitrogens is 1. The number of anilines is 1. The van der Waals surface area contributed by atoms with Gasteiger partial charge in [0.1, 0.15) is 5.82 Å². The van der Waals surface area contributed by atoms with E-state index in [-0.39, 0.29) is 13.1 Å². The van der Waals surface area contributed by atoms with Gasteiger partial charge in [0.25, 0.3) is 0 Å². The zero-order valence-corrected chi connectivity index (χ0v) is 10.1. The van der Waals surface area contributed by atoms with E-state index in [1.807, 2.05) is 31.2 Å². The second-order valence-electron chi connectivity index (χ2n) is 4.78. The molecule has 94 valence electrons. The molecule has 4 heteroatoms. The summed E-state index contributed by atoms with van der Waals surface area (Å²) >= 11 is 0. The van der Waals surface area contributed by atoms with Crippen molar-refractivity contribution in [1.29, 1.82) is 0 Å². The normalized spacial score (nSPS) is 23.8. The van der Waals surface area contributed by atoms with Gasteiger partial charge in [-0.2, -0.15) is 0 Å². The largest absolute Gasteiger partial charge is 0.351 e. The zero-order chi connectivity index (χ0) is 12.7. The summed E-state index contributed by atoms with van der Waals surface area (Å²) in [7, 11) is 0. The summed E-state index contributed by atoms with van der Waals surface area (Å²) in [6, 6.07) is 7.88. The van der Waals surface area contributed by atoms with Crippen LogP contribution in [0.2, 0.25) is 0 Å². The highest BCUT2D eigenvalue weighted by molar-refractivity contribution is 5.86. The van der Waals surface area contributed by atoms with Gasteiger partial charge in [0, 0.05) is 11.6 Å². The highest BCUT2D eigenvalue weighted by Crippen LogP contribution is 2.26. The molecule has 2 heterocycles. The number of rotatable bonds is 1. The van der Waals surface area contributed by atoms with E-state index in [1.54, 1.807) is 11.1 Å². The molecule has 0 saturated carbocycles. The Morgan fingerprint density at radius 1 is 1.22 bits per heavy atom. The lowest BCUT2D eigenvalue weighted by Crippen LogP contribution is -2.21. The molecule has 1 saturated heterocycles. The second kappa shape index (κ2) is 4.19. The van der Waals surface area contributed by atoms with Gasteiger partial charge in [-0.25, -0.2) is 13.8 Å². The Labute approximate surface area is 104 Å². The van der Waals surface area contributed by atoms with Crippen molar-refractivity contribution in [2.24, 2.45) is 0 Å². The third-order valence-electron chi connectivity index (χ3n) is 3.47. The van der Waals surface area contributed by atoms with E-state index in [9.17, 15) is 8.78 Å². The van der Waals surface area contributed by atoms with Crippen LogP contribution in [-0.4, -0.2) is 30.4 Å². The minimum atomic E-state index is -1.40. The minimum absolute atomic E-state index is 0.0888. The standard InChI is InChI=1S/C14H14F2N2/c1-9-3-2-4-10-5-14(17-6-11(9)10)18-7-12(15)13(16)8-18/h2-6,12-13H,7-8H2,1H3. The summed E-state index contributed by atoms with van der Waals surface area (Å²) in [5.74, 6) is 0.649. The van der Waals surface area contributed by atoms with Crippen molar-refractivity contribution in [2.45, 2.75) is 19.3 Å². The van der Waals surface area contributed by atoms with Crippen molar-refractivity contribution in [3.63, 3.8) is 0 Å². The maximum Gasteiger partial charge on any atom is 0.150 e. The Kier molecular flexibility index (Phi) is 2.65. The predicted molar refractivity (Wildman–Crippen MR) is 68.5 cm³/mol. The summed E-state index contributed by atoms with van der Waals surface area (Å²) in [6.07, 6.45) is -1.03. The fourth-order valence-electron chi connectivity index (χ4n) is 2.40. The maximum atomic E-state index is 13.2. The van der Waals surface area contributed by atoms with Crippen LogP contribution in [0.3, 0.4) is 0 Å². The van der Waals surface area contributed by atoms with Gasteiger partial charge in [0.2, 0.25) is 0 Å². The highest BCUT2D eigenvalue weighted by atomic mass is 19.2. The topological polar surface area (TPSA) is 16.1 Å². The number of aryl methyl sites for hydroxylation is 1. The molecule has 0 aliphatic carbocycles. The van der Waals surface area contributed by atoms with Crippen LogP contribution in [-0.2, 0) is 0 Å². The molecule has 3 rings (SSSR count). The van der Waals surface area contributed by atoms with Crippen molar-refractivity contribution in [3.05, 3.63) is 36.0 Å². The van der Waals surface area contributed by atoms with Crippen LogP contribution in [0.5, 0.6) is 0 Å². The number of pyridine rings is 1. The molecule has 2 nitrogen and oxygen atoms in total. The molecule has 2 aromatic rings. The summed E-state index contributed by atoms with van der Waals surface area (Å²) in [5.41, 5.74) is 1.15. The number of benzene rings is 1. The summed E-state index contributed by atoms with van der Waals surface area (Å²) in [5, 5.41) is 2.13. The molecule has 0 spiro atoms. The summed E-state index contributed by atoms with van der Waals surface area (Å²) in [6.45, 7) is 2.20. The SMILES string of the molecule is Cc1cccc2cc(N3CC(F)C(F)C3)ncc12. The van der Waals surface area contributed by atoms with E-state index < -0.39 is 12.3 Å². The predicted octanol–water partition coefficient (Wildman–Crippen LogP) is 3.04. The Bertz CT molecular complexity index is 575. The lowest BCUT2D eigenvalue weighted by molar-refractivity contribution is 0.217. The quantitative estimate of drug-likeness (QED) is 0.771. The zero-order valence-electron chi connectivity index (χ0n) is 10.1. The van der Waals surface area contributed by atoms with E-state index in [0.29, 0.717) is 5.82 Å². The fourth-order valence-corrected chi connectivity index (χ4v) is 2.40. The number of hydrogen-bond acceptors (Lipinski definition) is 2. The van der Waals surface area contributed by atoms with Crippen LogP contribution >= 0.6 is 0 Å². The molecule has 18 heavy (non-hydrogen) atoms. The molecule has 0 amide bonds. The average Bonchev–Trinajstić information content (AvgIpc) is 2.70. The van der Waals surface area contributed by atoms with E-state index >= 15 is 0 Å². The molecule has 1 aliphatic heterocycles. The molecule has 0 radical (unpaired) electrons. The van der Waals surface area contributed by atoms with Crippen LogP contribution in [0.25, 0.3) is 10.8 Å². The number of halogens is 2. The van der Waals surface area contributed by atoms with E-state index in [0.717, 1.165) is 16.3 Å². The molecule has 1 aromatic carbocycles. The van der Waals surface area contributed by atoms with E-state index in [2.05, 4.69) is 4.98 Å². The van der Waals surface area contributed by atoms with Gasteiger partial charge in [0.15, 0.2) is 12.3 Å². The van der Waals surface area contributed by atoms with Crippen molar-refractivity contribution < 1.29 is 8.78 Å². The fraction of sp³-hybridized carbons (Fsp3) is 0.357. The Morgan fingerprint density at radius 3 is 2.67 bits per heavy atom. The van der Waals surface area contributed by atoms with Gasteiger partial charge in [-0.3, -0.25) is 0 Å². The molecule has 0 bridgehead atoms. The van der Waals surface area contributed by atoms with Crippen LogP contribution in [0, 0.1) is 6.92 Å². The van der Waals surface area contributed by atoms with Crippen molar-refractivity contribution in [3.8, 4) is 0 Å². The third-order valence-corrected chi connectivity index (χ3v) is 3.47. The lowest BCUT2D eigenvalue weighted by atomic mass is 10.1.